The van der Waals surface area contributed by atoms with E-state index in [0.717, 1.165) is 11.3 Å². The molecule has 0 unspecified atom stereocenters. The van der Waals surface area contributed by atoms with Crippen molar-refractivity contribution in [3.05, 3.63) is 21.9 Å². The average Bonchev–Trinajstić information content (AvgIpc) is 2.94. The molecule has 2 heterocycles. The number of ether oxygens (including phenoxy) is 3. The van der Waals surface area contributed by atoms with Crippen LogP contribution in [-0.4, -0.2) is 25.8 Å². The largest absolute Gasteiger partial charge is 0.462 e. The number of hydrogen-bond donors (Lipinski definition) is 0. The third-order valence-corrected chi connectivity index (χ3v) is 3.21. The van der Waals surface area contributed by atoms with Gasteiger partial charge in [0.1, 0.15) is 4.88 Å². The van der Waals surface area contributed by atoms with E-state index in [1.807, 2.05) is 13.0 Å². The molecular weight excluding hydrogens is 228 g/mol. The number of carbonyl (C=O) groups excluding carboxylic acids is 1. The maximum absolute atomic E-state index is 11.5. The minimum Gasteiger partial charge on any atom is -0.462 e. The first-order valence-electron chi connectivity index (χ1n) is 5.31. The summed E-state index contributed by atoms with van der Waals surface area (Å²) >= 11 is 1.36. The van der Waals surface area contributed by atoms with E-state index < -0.39 is 0 Å². The second-order valence-corrected chi connectivity index (χ2v) is 4.53. The normalized spacial score (nSPS) is 16.6. The molecule has 0 aromatic carbocycles. The van der Waals surface area contributed by atoms with Crippen molar-refractivity contribution in [3.63, 3.8) is 0 Å². The topological polar surface area (TPSA) is 44.8 Å². The maximum Gasteiger partial charge on any atom is 0.348 e. The number of thiophene rings is 1. The number of esters is 1. The SMILES string of the molecule is CCCOC(=O)c1ccc(C2OCCO2)s1. The van der Waals surface area contributed by atoms with Gasteiger partial charge in [0, 0.05) is 0 Å². The Hall–Kier alpha value is -0.910. The summed E-state index contributed by atoms with van der Waals surface area (Å²) in [7, 11) is 0. The van der Waals surface area contributed by atoms with Crippen molar-refractivity contribution < 1.29 is 19.0 Å². The molecule has 88 valence electrons. The third kappa shape index (κ3) is 2.61. The Labute approximate surface area is 98.1 Å². The summed E-state index contributed by atoms with van der Waals surface area (Å²) in [4.78, 5) is 13.1. The molecule has 1 fully saturated rings. The monoisotopic (exact) mass is 242 g/mol. The van der Waals surface area contributed by atoms with Crippen molar-refractivity contribution in [3.8, 4) is 0 Å². The molecule has 0 radical (unpaired) electrons. The van der Waals surface area contributed by atoms with E-state index in [-0.39, 0.29) is 12.3 Å². The Bertz CT molecular complexity index is 355. The van der Waals surface area contributed by atoms with Crippen LogP contribution in [0, 0.1) is 0 Å². The van der Waals surface area contributed by atoms with E-state index >= 15 is 0 Å². The lowest BCUT2D eigenvalue weighted by Gasteiger charge is -2.04. The smallest absolute Gasteiger partial charge is 0.348 e. The Morgan fingerprint density at radius 1 is 1.50 bits per heavy atom. The van der Waals surface area contributed by atoms with Crippen molar-refractivity contribution in [2.75, 3.05) is 19.8 Å². The molecule has 16 heavy (non-hydrogen) atoms. The number of hydrogen-bond acceptors (Lipinski definition) is 5. The molecule has 4 nitrogen and oxygen atoms in total. The van der Waals surface area contributed by atoms with Crippen LogP contribution >= 0.6 is 11.3 Å². The van der Waals surface area contributed by atoms with Gasteiger partial charge in [-0.05, 0) is 18.6 Å². The molecule has 0 saturated carbocycles. The van der Waals surface area contributed by atoms with Gasteiger partial charge in [-0.25, -0.2) is 4.79 Å². The highest BCUT2D eigenvalue weighted by atomic mass is 32.1. The van der Waals surface area contributed by atoms with Gasteiger partial charge in [-0.3, -0.25) is 0 Å². The highest BCUT2D eigenvalue weighted by Crippen LogP contribution is 2.29. The highest BCUT2D eigenvalue weighted by molar-refractivity contribution is 7.14. The summed E-state index contributed by atoms with van der Waals surface area (Å²) in [6.45, 7) is 3.65. The van der Waals surface area contributed by atoms with Gasteiger partial charge in [0.2, 0.25) is 0 Å². The molecule has 1 saturated heterocycles. The van der Waals surface area contributed by atoms with Gasteiger partial charge in [-0.2, -0.15) is 0 Å². The van der Waals surface area contributed by atoms with Crippen LogP contribution in [0.15, 0.2) is 12.1 Å². The fourth-order valence-electron chi connectivity index (χ4n) is 1.38. The minimum absolute atomic E-state index is 0.268. The number of carbonyl (C=O) groups is 1. The molecule has 0 bridgehead atoms. The van der Waals surface area contributed by atoms with Crippen LogP contribution in [0.25, 0.3) is 0 Å². The predicted molar refractivity (Wildman–Crippen MR) is 59.5 cm³/mol. The Kier molecular flexibility index (Phi) is 3.93. The van der Waals surface area contributed by atoms with Crippen LogP contribution in [0.3, 0.4) is 0 Å². The summed E-state index contributed by atoms with van der Waals surface area (Å²) in [5.41, 5.74) is 0. The molecule has 1 aromatic heterocycles. The van der Waals surface area contributed by atoms with Gasteiger partial charge in [-0.15, -0.1) is 11.3 Å². The first-order valence-corrected chi connectivity index (χ1v) is 6.13. The molecular formula is C11H14O4S. The van der Waals surface area contributed by atoms with Crippen molar-refractivity contribution in [1.29, 1.82) is 0 Å². The third-order valence-electron chi connectivity index (χ3n) is 2.12. The summed E-state index contributed by atoms with van der Waals surface area (Å²) in [5, 5.41) is 0. The van der Waals surface area contributed by atoms with E-state index in [1.54, 1.807) is 6.07 Å². The predicted octanol–water partition coefficient (Wildman–Crippen LogP) is 2.36. The summed E-state index contributed by atoms with van der Waals surface area (Å²) in [5.74, 6) is -0.268. The molecule has 1 aromatic rings. The van der Waals surface area contributed by atoms with Crippen molar-refractivity contribution in [2.24, 2.45) is 0 Å². The fraction of sp³-hybridized carbons (Fsp3) is 0.545. The summed E-state index contributed by atoms with van der Waals surface area (Å²) < 4.78 is 15.7. The van der Waals surface area contributed by atoms with E-state index in [4.69, 9.17) is 14.2 Å². The zero-order chi connectivity index (χ0) is 11.4. The molecule has 0 amide bonds. The molecule has 5 heteroatoms. The molecule has 2 rings (SSSR count). The zero-order valence-corrected chi connectivity index (χ0v) is 9.92. The van der Waals surface area contributed by atoms with Crippen molar-refractivity contribution in [2.45, 2.75) is 19.6 Å². The van der Waals surface area contributed by atoms with Gasteiger partial charge < -0.3 is 14.2 Å². The lowest BCUT2D eigenvalue weighted by molar-refractivity contribution is -0.0413. The van der Waals surface area contributed by atoms with Crippen LogP contribution < -0.4 is 0 Å². The van der Waals surface area contributed by atoms with E-state index in [1.165, 1.54) is 11.3 Å². The van der Waals surface area contributed by atoms with Crippen molar-refractivity contribution >= 4 is 17.3 Å². The molecule has 0 spiro atoms. The Morgan fingerprint density at radius 3 is 2.94 bits per heavy atom. The highest BCUT2D eigenvalue weighted by Gasteiger charge is 2.21. The zero-order valence-electron chi connectivity index (χ0n) is 9.10. The second-order valence-electron chi connectivity index (χ2n) is 3.41. The van der Waals surface area contributed by atoms with Gasteiger partial charge in [0.25, 0.3) is 0 Å². The van der Waals surface area contributed by atoms with Gasteiger partial charge in [0.15, 0.2) is 6.29 Å². The standard InChI is InChI=1S/C11H14O4S/c1-2-5-13-10(12)8-3-4-9(16-8)11-14-6-7-15-11/h3-4,11H,2,5-7H2,1H3. The Balaban J connectivity index is 1.98. The van der Waals surface area contributed by atoms with E-state index in [0.29, 0.717) is 24.7 Å². The first-order chi connectivity index (χ1) is 7.81. The van der Waals surface area contributed by atoms with Gasteiger partial charge in [0.05, 0.1) is 24.7 Å². The lowest BCUT2D eigenvalue weighted by Crippen LogP contribution is -2.03. The molecule has 1 aliphatic rings. The van der Waals surface area contributed by atoms with Crippen LogP contribution in [0.1, 0.15) is 34.2 Å². The molecule has 1 aliphatic heterocycles. The quantitative estimate of drug-likeness (QED) is 0.760. The molecule has 0 aliphatic carbocycles. The fourth-order valence-corrected chi connectivity index (χ4v) is 2.28. The average molecular weight is 242 g/mol. The number of rotatable bonds is 4. The molecule has 0 N–H and O–H groups in total. The van der Waals surface area contributed by atoms with Crippen LogP contribution in [-0.2, 0) is 14.2 Å². The van der Waals surface area contributed by atoms with Crippen LogP contribution in [0.4, 0.5) is 0 Å². The van der Waals surface area contributed by atoms with Crippen molar-refractivity contribution in [1.82, 2.24) is 0 Å². The minimum atomic E-state index is -0.308. The van der Waals surface area contributed by atoms with Gasteiger partial charge in [-0.1, -0.05) is 6.92 Å². The van der Waals surface area contributed by atoms with Crippen LogP contribution in [0.5, 0.6) is 0 Å². The summed E-state index contributed by atoms with van der Waals surface area (Å²) in [6.07, 6.45) is 0.525. The van der Waals surface area contributed by atoms with Crippen LogP contribution in [0.2, 0.25) is 0 Å². The summed E-state index contributed by atoms with van der Waals surface area (Å²) in [6, 6.07) is 3.60. The maximum atomic E-state index is 11.5. The second kappa shape index (κ2) is 5.43. The molecule has 0 atom stereocenters. The van der Waals surface area contributed by atoms with E-state index in [9.17, 15) is 4.79 Å². The van der Waals surface area contributed by atoms with Gasteiger partial charge >= 0.3 is 5.97 Å². The van der Waals surface area contributed by atoms with E-state index in [2.05, 4.69) is 0 Å². The lowest BCUT2D eigenvalue weighted by atomic mass is 10.4. The Morgan fingerprint density at radius 2 is 2.25 bits per heavy atom. The first kappa shape index (κ1) is 11.6.